The van der Waals surface area contributed by atoms with E-state index in [0.29, 0.717) is 12.5 Å². The molecule has 0 bridgehead atoms. The van der Waals surface area contributed by atoms with E-state index in [4.69, 9.17) is 4.74 Å². The van der Waals surface area contributed by atoms with Crippen molar-refractivity contribution < 1.29 is 9.53 Å². The number of carbonyl (C=O) groups excluding carboxylic acids is 1. The van der Waals surface area contributed by atoms with E-state index in [-0.39, 0.29) is 17.8 Å². The number of hydrogen-bond acceptors (Lipinski definition) is 3. The molecule has 1 fully saturated rings. The summed E-state index contributed by atoms with van der Waals surface area (Å²) in [5.74, 6) is 0.314. The van der Waals surface area contributed by atoms with Crippen LogP contribution in [0.3, 0.4) is 0 Å². The summed E-state index contributed by atoms with van der Waals surface area (Å²) in [4.78, 5) is 16.4. The fourth-order valence-corrected chi connectivity index (χ4v) is 2.08. The van der Waals surface area contributed by atoms with Gasteiger partial charge in [0.15, 0.2) is 5.78 Å². The molecule has 86 valence electrons. The Labute approximate surface area is 95.8 Å². The molecule has 1 aromatic rings. The van der Waals surface area contributed by atoms with E-state index < -0.39 is 0 Å². The first-order chi connectivity index (χ1) is 7.70. The number of hydrogen-bond donors (Lipinski definition) is 0. The van der Waals surface area contributed by atoms with Crippen LogP contribution in [0.4, 0.5) is 0 Å². The van der Waals surface area contributed by atoms with Crippen molar-refractivity contribution in [3.63, 3.8) is 0 Å². The molecular weight excluding hydrogens is 202 g/mol. The fourth-order valence-electron chi connectivity index (χ4n) is 2.08. The lowest BCUT2D eigenvalue weighted by Crippen LogP contribution is -2.29. The van der Waals surface area contributed by atoms with E-state index in [1.54, 1.807) is 6.20 Å². The lowest BCUT2D eigenvalue weighted by Gasteiger charge is -2.17. The number of aromatic nitrogens is 1. The van der Waals surface area contributed by atoms with Gasteiger partial charge in [-0.1, -0.05) is 13.0 Å². The average molecular weight is 219 g/mol. The molecule has 0 aromatic carbocycles. The molecule has 1 aliphatic rings. The van der Waals surface area contributed by atoms with E-state index in [1.807, 2.05) is 25.1 Å². The smallest absolute Gasteiger partial charge is 0.170 e. The van der Waals surface area contributed by atoms with Crippen LogP contribution < -0.4 is 0 Å². The third-order valence-corrected chi connectivity index (χ3v) is 3.23. The zero-order chi connectivity index (χ0) is 11.5. The van der Waals surface area contributed by atoms with Gasteiger partial charge in [-0.2, -0.15) is 0 Å². The van der Waals surface area contributed by atoms with Gasteiger partial charge in [0.05, 0.1) is 11.6 Å². The molecule has 3 heteroatoms. The van der Waals surface area contributed by atoms with Crippen LogP contribution in [-0.2, 0) is 9.53 Å². The predicted octanol–water partition coefficient (Wildman–Crippen LogP) is 2.18. The highest BCUT2D eigenvalue weighted by atomic mass is 16.5. The number of ether oxygens (including phenoxy) is 1. The minimum Gasteiger partial charge on any atom is -0.370 e. The lowest BCUT2D eigenvalue weighted by molar-refractivity contribution is -0.130. The Morgan fingerprint density at radius 1 is 1.56 bits per heavy atom. The molecule has 0 aliphatic carbocycles. The van der Waals surface area contributed by atoms with Crippen molar-refractivity contribution >= 4 is 5.78 Å². The molecule has 0 amide bonds. The molecule has 3 nitrogen and oxygen atoms in total. The number of nitrogens with zero attached hydrogens (tertiary/aromatic N) is 1. The molecule has 1 saturated heterocycles. The van der Waals surface area contributed by atoms with E-state index in [9.17, 15) is 4.79 Å². The zero-order valence-corrected chi connectivity index (χ0v) is 9.72. The number of rotatable bonds is 3. The first-order valence-electron chi connectivity index (χ1n) is 5.76. The highest BCUT2D eigenvalue weighted by Crippen LogP contribution is 2.26. The van der Waals surface area contributed by atoms with Crippen molar-refractivity contribution in [1.29, 1.82) is 0 Å². The van der Waals surface area contributed by atoms with Crippen LogP contribution in [-0.4, -0.2) is 23.5 Å². The summed E-state index contributed by atoms with van der Waals surface area (Å²) in [7, 11) is 0. The van der Waals surface area contributed by atoms with Crippen molar-refractivity contribution in [2.45, 2.75) is 32.3 Å². The lowest BCUT2D eigenvalue weighted by atomic mass is 9.91. The van der Waals surface area contributed by atoms with Gasteiger partial charge in [-0.3, -0.25) is 9.78 Å². The van der Waals surface area contributed by atoms with Crippen LogP contribution in [0.2, 0.25) is 0 Å². The third kappa shape index (κ3) is 2.14. The topological polar surface area (TPSA) is 39.2 Å². The summed E-state index contributed by atoms with van der Waals surface area (Å²) < 4.78 is 5.49. The molecule has 3 atom stereocenters. The maximum Gasteiger partial charge on any atom is 0.170 e. The Morgan fingerprint density at radius 2 is 2.38 bits per heavy atom. The van der Waals surface area contributed by atoms with Crippen molar-refractivity contribution in [3.8, 4) is 0 Å². The molecule has 2 heterocycles. The number of carbonyl (C=O) groups is 1. The number of ketones is 1. The summed E-state index contributed by atoms with van der Waals surface area (Å²) in [5.41, 5.74) is 0.829. The van der Waals surface area contributed by atoms with Crippen LogP contribution in [0, 0.1) is 5.92 Å². The van der Waals surface area contributed by atoms with E-state index in [2.05, 4.69) is 11.9 Å². The molecule has 2 rings (SSSR count). The van der Waals surface area contributed by atoms with Crippen LogP contribution in [0.1, 0.15) is 31.9 Å². The quantitative estimate of drug-likeness (QED) is 0.782. The SMILES string of the molecule is CC(C(=O)C1OCCC1C)c1ccccn1. The molecule has 1 aromatic heterocycles. The highest BCUT2D eigenvalue weighted by Gasteiger charge is 2.34. The van der Waals surface area contributed by atoms with E-state index >= 15 is 0 Å². The van der Waals surface area contributed by atoms with Crippen LogP contribution >= 0.6 is 0 Å². The largest absolute Gasteiger partial charge is 0.370 e. The van der Waals surface area contributed by atoms with Gasteiger partial charge in [0.2, 0.25) is 0 Å². The second kappa shape index (κ2) is 4.74. The van der Waals surface area contributed by atoms with Gasteiger partial charge in [0.1, 0.15) is 6.10 Å². The normalized spacial score (nSPS) is 26.6. The molecule has 0 N–H and O–H groups in total. The van der Waals surface area contributed by atoms with Gasteiger partial charge >= 0.3 is 0 Å². The Balaban J connectivity index is 2.10. The Hall–Kier alpha value is -1.22. The molecule has 3 unspecified atom stereocenters. The molecule has 1 aliphatic heterocycles. The maximum atomic E-state index is 12.2. The fraction of sp³-hybridized carbons (Fsp3) is 0.538. The summed E-state index contributed by atoms with van der Waals surface area (Å²) in [5, 5.41) is 0. The van der Waals surface area contributed by atoms with Gasteiger partial charge in [-0.15, -0.1) is 0 Å². The molecule has 0 radical (unpaired) electrons. The summed E-state index contributed by atoms with van der Waals surface area (Å²) in [6.07, 6.45) is 2.46. The van der Waals surface area contributed by atoms with Crippen molar-refractivity contribution in [3.05, 3.63) is 30.1 Å². The van der Waals surface area contributed by atoms with Crippen LogP contribution in [0.15, 0.2) is 24.4 Å². The maximum absolute atomic E-state index is 12.2. The monoisotopic (exact) mass is 219 g/mol. The number of Topliss-reactive ketones (excluding diaryl/α,β-unsaturated/α-hetero) is 1. The number of pyridine rings is 1. The molecule has 16 heavy (non-hydrogen) atoms. The minimum atomic E-state index is -0.239. The van der Waals surface area contributed by atoms with Gasteiger partial charge in [0, 0.05) is 12.8 Å². The molecule has 0 saturated carbocycles. The van der Waals surface area contributed by atoms with Crippen molar-refractivity contribution in [2.75, 3.05) is 6.61 Å². The standard InChI is InChI=1S/C13H17NO2/c1-9-6-8-16-13(9)12(15)10(2)11-5-3-4-7-14-11/h3-5,7,9-10,13H,6,8H2,1-2H3. The van der Waals surface area contributed by atoms with Gasteiger partial charge in [0.25, 0.3) is 0 Å². The second-order valence-electron chi connectivity index (χ2n) is 4.44. The highest BCUT2D eigenvalue weighted by molar-refractivity contribution is 5.89. The van der Waals surface area contributed by atoms with Crippen LogP contribution in [0.5, 0.6) is 0 Å². The van der Waals surface area contributed by atoms with Gasteiger partial charge < -0.3 is 4.74 Å². The van der Waals surface area contributed by atoms with Crippen LogP contribution in [0.25, 0.3) is 0 Å². The predicted molar refractivity (Wildman–Crippen MR) is 61.2 cm³/mol. The van der Waals surface area contributed by atoms with Gasteiger partial charge in [-0.25, -0.2) is 0 Å². The Kier molecular flexibility index (Phi) is 3.34. The second-order valence-corrected chi connectivity index (χ2v) is 4.44. The Morgan fingerprint density at radius 3 is 2.94 bits per heavy atom. The summed E-state index contributed by atoms with van der Waals surface area (Å²) in [6, 6.07) is 5.66. The first kappa shape index (κ1) is 11.3. The summed E-state index contributed by atoms with van der Waals surface area (Å²) >= 11 is 0. The minimum absolute atomic E-state index is 0.156. The van der Waals surface area contributed by atoms with E-state index in [0.717, 1.165) is 12.1 Å². The first-order valence-corrected chi connectivity index (χ1v) is 5.76. The van der Waals surface area contributed by atoms with E-state index in [1.165, 1.54) is 0 Å². The summed E-state index contributed by atoms with van der Waals surface area (Å²) in [6.45, 7) is 4.67. The van der Waals surface area contributed by atoms with Crippen molar-refractivity contribution in [1.82, 2.24) is 4.98 Å². The third-order valence-electron chi connectivity index (χ3n) is 3.23. The average Bonchev–Trinajstić information content (AvgIpc) is 2.75. The molecular formula is C13H17NO2. The van der Waals surface area contributed by atoms with Gasteiger partial charge in [-0.05, 0) is 31.4 Å². The zero-order valence-electron chi connectivity index (χ0n) is 9.72. The molecule has 0 spiro atoms. The van der Waals surface area contributed by atoms with Crippen molar-refractivity contribution in [2.24, 2.45) is 5.92 Å². The Bertz CT molecular complexity index is 363.